The summed E-state index contributed by atoms with van der Waals surface area (Å²) in [5.74, 6) is -0.0529. The number of hydrogen-bond donors (Lipinski definition) is 4. The van der Waals surface area contributed by atoms with Crippen LogP contribution in [-0.4, -0.2) is 68.4 Å². The summed E-state index contributed by atoms with van der Waals surface area (Å²) in [6, 6.07) is 12.1. The van der Waals surface area contributed by atoms with E-state index >= 15 is 0 Å². The van der Waals surface area contributed by atoms with Gasteiger partial charge in [-0.25, -0.2) is 8.42 Å². The number of rotatable bonds is 11. The minimum Gasteiger partial charge on any atom is -0.507 e. The molecule has 0 aliphatic rings. The van der Waals surface area contributed by atoms with Crippen molar-refractivity contribution in [2.75, 3.05) is 26.5 Å². The average molecular weight is 484 g/mol. The van der Waals surface area contributed by atoms with Crippen molar-refractivity contribution in [3.8, 4) is 17.2 Å². The van der Waals surface area contributed by atoms with Gasteiger partial charge in [-0.2, -0.15) is 0 Å². The summed E-state index contributed by atoms with van der Waals surface area (Å²) in [6.07, 6.45) is 2.08. The molecule has 0 amide bonds. The number of carboxylic acid groups (broad SMARTS) is 1. The normalized spacial score (nSPS) is 12.8. The Labute approximate surface area is 194 Å². The lowest BCUT2D eigenvalue weighted by Gasteiger charge is -2.18. The maximum Gasteiger partial charge on any atom is 0.300 e. The van der Waals surface area contributed by atoms with E-state index in [2.05, 4.69) is 12.2 Å². The molecule has 0 heterocycles. The number of sulfone groups is 1. The monoisotopic (exact) mass is 483 g/mol. The van der Waals surface area contributed by atoms with Gasteiger partial charge in [0.05, 0.1) is 7.11 Å². The molecule has 9 nitrogen and oxygen atoms in total. The van der Waals surface area contributed by atoms with E-state index in [0.717, 1.165) is 31.8 Å². The number of carbonyl (C=O) groups is 1. The van der Waals surface area contributed by atoms with Crippen molar-refractivity contribution >= 4 is 15.8 Å². The Hall–Kier alpha value is -2.82. The SMILES string of the molecule is CC(=O)O.COc1ccc(CCC(C)NCC(O)COc2ccc(O)c(S(C)(=O)=O)c2)cc1. The van der Waals surface area contributed by atoms with Gasteiger partial charge >= 0.3 is 0 Å². The van der Waals surface area contributed by atoms with Gasteiger partial charge in [-0.1, -0.05) is 12.1 Å². The molecule has 2 unspecified atom stereocenters. The highest BCUT2D eigenvalue weighted by atomic mass is 32.2. The summed E-state index contributed by atoms with van der Waals surface area (Å²) in [5, 5.41) is 30.5. The largest absolute Gasteiger partial charge is 0.507 e. The van der Waals surface area contributed by atoms with Crippen LogP contribution in [0.2, 0.25) is 0 Å². The fourth-order valence-corrected chi connectivity index (χ4v) is 3.53. The van der Waals surface area contributed by atoms with Crippen molar-refractivity contribution in [1.82, 2.24) is 5.32 Å². The summed E-state index contributed by atoms with van der Waals surface area (Å²) in [7, 11) is -1.92. The van der Waals surface area contributed by atoms with Crippen LogP contribution in [0, 0.1) is 0 Å². The zero-order valence-corrected chi connectivity index (χ0v) is 20.1. The van der Waals surface area contributed by atoms with Crippen molar-refractivity contribution in [3.63, 3.8) is 0 Å². The molecule has 0 spiro atoms. The van der Waals surface area contributed by atoms with E-state index in [1.54, 1.807) is 7.11 Å². The molecule has 0 aliphatic carbocycles. The number of methoxy groups -OCH3 is 1. The molecular formula is C23H33NO8S. The van der Waals surface area contributed by atoms with Crippen LogP contribution in [0.15, 0.2) is 47.4 Å². The molecular weight excluding hydrogens is 450 g/mol. The molecule has 0 saturated carbocycles. The molecule has 0 fully saturated rings. The number of aryl methyl sites for hydroxylation is 1. The number of nitrogens with one attached hydrogen (secondary N) is 1. The number of phenolic OH excluding ortho intramolecular Hbond substituents is 1. The van der Waals surface area contributed by atoms with Crippen LogP contribution in [0.3, 0.4) is 0 Å². The van der Waals surface area contributed by atoms with Crippen LogP contribution in [-0.2, 0) is 21.1 Å². The molecule has 10 heteroatoms. The Morgan fingerprint density at radius 1 is 1.12 bits per heavy atom. The van der Waals surface area contributed by atoms with E-state index in [1.807, 2.05) is 24.3 Å². The highest BCUT2D eigenvalue weighted by Gasteiger charge is 2.15. The fourth-order valence-electron chi connectivity index (χ4n) is 2.75. The first-order valence-corrected chi connectivity index (χ1v) is 12.2. The lowest BCUT2D eigenvalue weighted by molar-refractivity contribution is -0.134. The predicted molar refractivity (Wildman–Crippen MR) is 125 cm³/mol. The number of aliphatic carboxylic acids is 1. The number of carboxylic acids is 1. The molecule has 2 aromatic rings. The van der Waals surface area contributed by atoms with Gasteiger partial charge in [-0.15, -0.1) is 0 Å². The molecule has 0 bridgehead atoms. The molecule has 2 atom stereocenters. The third-order valence-electron chi connectivity index (χ3n) is 4.50. The van der Waals surface area contributed by atoms with E-state index in [9.17, 15) is 18.6 Å². The van der Waals surface area contributed by atoms with E-state index in [4.69, 9.17) is 19.4 Å². The maximum absolute atomic E-state index is 11.6. The number of ether oxygens (including phenoxy) is 2. The van der Waals surface area contributed by atoms with Gasteiger partial charge in [0.25, 0.3) is 5.97 Å². The van der Waals surface area contributed by atoms with Gasteiger partial charge in [-0.3, -0.25) is 4.79 Å². The van der Waals surface area contributed by atoms with Crippen LogP contribution >= 0.6 is 0 Å². The standard InChI is InChI=1S/C21H29NO6S.C2H4O2/c1-15(4-5-16-6-8-18(27-2)9-7-16)22-13-17(23)14-28-19-10-11-20(24)21(12-19)29(3,25)26;1-2(3)4/h6-12,15,17,22-24H,4-5,13-14H2,1-3H3;1H3,(H,3,4). The smallest absolute Gasteiger partial charge is 0.300 e. The van der Waals surface area contributed by atoms with Crippen LogP contribution in [0.25, 0.3) is 0 Å². The number of hydrogen-bond acceptors (Lipinski definition) is 8. The Morgan fingerprint density at radius 2 is 1.70 bits per heavy atom. The second-order valence-corrected chi connectivity index (χ2v) is 9.57. The van der Waals surface area contributed by atoms with Crippen LogP contribution in [0.4, 0.5) is 0 Å². The topological polar surface area (TPSA) is 142 Å². The highest BCUT2D eigenvalue weighted by molar-refractivity contribution is 7.90. The van der Waals surface area contributed by atoms with Crippen LogP contribution in [0.5, 0.6) is 17.2 Å². The molecule has 0 aromatic heterocycles. The molecule has 184 valence electrons. The Morgan fingerprint density at radius 3 is 2.24 bits per heavy atom. The second-order valence-electron chi connectivity index (χ2n) is 7.58. The minimum atomic E-state index is -3.56. The number of aliphatic hydroxyl groups is 1. The predicted octanol–water partition coefficient (Wildman–Crippen LogP) is 2.25. The Kier molecular flexibility index (Phi) is 11.7. The molecule has 33 heavy (non-hydrogen) atoms. The van der Waals surface area contributed by atoms with Crippen LogP contribution in [0.1, 0.15) is 25.8 Å². The van der Waals surface area contributed by atoms with Crippen molar-refractivity contribution < 1.29 is 38.0 Å². The summed E-state index contributed by atoms with van der Waals surface area (Å²) in [4.78, 5) is 8.80. The Bertz CT molecular complexity index is 972. The van der Waals surface area contributed by atoms with E-state index in [1.165, 1.54) is 23.8 Å². The molecule has 4 N–H and O–H groups in total. The molecule has 2 aromatic carbocycles. The van der Waals surface area contributed by atoms with Gasteiger partial charge in [-0.05, 0) is 49.6 Å². The summed E-state index contributed by atoms with van der Waals surface area (Å²) in [5.41, 5.74) is 1.22. The molecule has 0 saturated heterocycles. The van der Waals surface area contributed by atoms with Crippen molar-refractivity contribution in [1.29, 1.82) is 0 Å². The number of phenols is 1. The highest BCUT2D eigenvalue weighted by Crippen LogP contribution is 2.27. The van der Waals surface area contributed by atoms with Gasteiger partial charge in [0.1, 0.15) is 34.9 Å². The third kappa shape index (κ3) is 11.6. The van der Waals surface area contributed by atoms with E-state index in [-0.39, 0.29) is 29.0 Å². The third-order valence-corrected chi connectivity index (χ3v) is 5.63. The summed E-state index contributed by atoms with van der Waals surface area (Å²) < 4.78 is 33.9. The second kappa shape index (κ2) is 13.7. The zero-order valence-electron chi connectivity index (χ0n) is 19.3. The van der Waals surface area contributed by atoms with E-state index in [0.29, 0.717) is 6.54 Å². The lowest BCUT2D eigenvalue weighted by Crippen LogP contribution is -2.36. The van der Waals surface area contributed by atoms with Gasteiger partial charge < -0.3 is 30.1 Å². The Balaban J connectivity index is 0.00000125. The minimum absolute atomic E-state index is 0.00613. The molecule has 2 rings (SSSR count). The van der Waals surface area contributed by atoms with Crippen molar-refractivity contribution in [3.05, 3.63) is 48.0 Å². The van der Waals surface area contributed by atoms with E-state index < -0.39 is 21.9 Å². The van der Waals surface area contributed by atoms with Crippen molar-refractivity contribution in [2.45, 2.75) is 43.7 Å². The average Bonchev–Trinajstić information content (AvgIpc) is 2.74. The molecule has 0 aliphatic heterocycles. The lowest BCUT2D eigenvalue weighted by atomic mass is 10.1. The fraction of sp³-hybridized carbons (Fsp3) is 0.435. The van der Waals surface area contributed by atoms with Gasteiger partial charge in [0, 0.05) is 31.8 Å². The number of aromatic hydroxyl groups is 1. The number of benzene rings is 2. The van der Waals surface area contributed by atoms with Gasteiger partial charge in [0.2, 0.25) is 0 Å². The first-order chi connectivity index (χ1) is 15.4. The summed E-state index contributed by atoms with van der Waals surface area (Å²) >= 11 is 0. The quantitative estimate of drug-likeness (QED) is 0.378. The maximum atomic E-state index is 11.6. The first kappa shape index (κ1) is 28.2. The number of aliphatic hydroxyl groups excluding tert-OH is 1. The zero-order chi connectivity index (χ0) is 25.0. The van der Waals surface area contributed by atoms with Crippen LogP contribution < -0.4 is 14.8 Å². The molecule has 0 radical (unpaired) electrons. The first-order valence-electron chi connectivity index (χ1n) is 10.3. The van der Waals surface area contributed by atoms with Gasteiger partial charge in [0.15, 0.2) is 9.84 Å². The summed E-state index contributed by atoms with van der Waals surface area (Å²) in [6.45, 7) is 3.49. The van der Waals surface area contributed by atoms with Crippen molar-refractivity contribution in [2.24, 2.45) is 0 Å².